The van der Waals surface area contributed by atoms with Gasteiger partial charge in [0.2, 0.25) is 0 Å². The Morgan fingerprint density at radius 1 is 1.59 bits per heavy atom. The summed E-state index contributed by atoms with van der Waals surface area (Å²) in [5.41, 5.74) is 6.22. The highest BCUT2D eigenvalue weighted by Crippen LogP contribution is 2.31. The number of aliphatic hydroxyl groups excluding tert-OH is 1. The third kappa shape index (κ3) is 4.34. The SMILES string of the molecule is CCC(N)C(c1cc(Br)cs1)N(C)CCCO. The summed E-state index contributed by atoms with van der Waals surface area (Å²) in [6.45, 7) is 3.21. The third-order valence-electron chi connectivity index (χ3n) is 2.90. The van der Waals surface area contributed by atoms with E-state index >= 15 is 0 Å². The van der Waals surface area contributed by atoms with E-state index in [1.54, 1.807) is 11.3 Å². The van der Waals surface area contributed by atoms with Gasteiger partial charge in [0.05, 0.1) is 6.04 Å². The molecule has 1 aromatic rings. The number of hydrogen-bond acceptors (Lipinski definition) is 4. The Morgan fingerprint density at radius 2 is 2.29 bits per heavy atom. The average Bonchev–Trinajstić information content (AvgIpc) is 2.73. The topological polar surface area (TPSA) is 49.5 Å². The van der Waals surface area contributed by atoms with Crippen molar-refractivity contribution in [1.82, 2.24) is 4.90 Å². The number of nitrogens with zero attached hydrogens (tertiary/aromatic N) is 1. The van der Waals surface area contributed by atoms with E-state index in [0.717, 1.165) is 23.9 Å². The van der Waals surface area contributed by atoms with Gasteiger partial charge in [-0.3, -0.25) is 4.90 Å². The van der Waals surface area contributed by atoms with Gasteiger partial charge in [0, 0.05) is 33.9 Å². The number of nitrogens with two attached hydrogens (primary N) is 1. The Morgan fingerprint density at radius 3 is 2.76 bits per heavy atom. The molecule has 1 rings (SSSR count). The molecule has 5 heteroatoms. The molecule has 0 saturated heterocycles. The van der Waals surface area contributed by atoms with Crippen LogP contribution in [0.2, 0.25) is 0 Å². The number of likely N-dealkylation sites (N-methyl/N-ethyl adjacent to an activating group) is 1. The molecule has 0 saturated carbocycles. The van der Waals surface area contributed by atoms with Crippen LogP contribution in [0.4, 0.5) is 0 Å². The fraction of sp³-hybridized carbons (Fsp3) is 0.667. The molecule has 0 aromatic carbocycles. The minimum absolute atomic E-state index is 0.129. The summed E-state index contributed by atoms with van der Waals surface area (Å²) >= 11 is 5.22. The predicted molar refractivity (Wildman–Crippen MR) is 77.4 cm³/mol. The van der Waals surface area contributed by atoms with Crippen molar-refractivity contribution in [2.75, 3.05) is 20.2 Å². The summed E-state index contributed by atoms with van der Waals surface area (Å²) in [7, 11) is 2.07. The van der Waals surface area contributed by atoms with E-state index in [9.17, 15) is 0 Å². The van der Waals surface area contributed by atoms with Crippen molar-refractivity contribution in [2.24, 2.45) is 5.73 Å². The summed E-state index contributed by atoms with van der Waals surface area (Å²) in [6.07, 6.45) is 1.74. The van der Waals surface area contributed by atoms with E-state index in [2.05, 4.69) is 46.2 Å². The fourth-order valence-electron chi connectivity index (χ4n) is 1.92. The van der Waals surface area contributed by atoms with E-state index in [4.69, 9.17) is 10.8 Å². The highest BCUT2D eigenvalue weighted by Gasteiger charge is 2.24. The Bertz CT molecular complexity index is 332. The van der Waals surface area contributed by atoms with Crippen LogP contribution in [-0.2, 0) is 0 Å². The molecular formula is C12H21BrN2OS. The lowest BCUT2D eigenvalue weighted by Crippen LogP contribution is -2.39. The molecule has 0 fully saturated rings. The van der Waals surface area contributed by atoms with Crippen LogP contribution in [0.3, 0.4) is 0 Å². The van der Waals surface area contributed by atoms with Gasteiger partial charge < -0.3 is 10.8 Å². The average molecular weight is 321 g/mol. The van der Waals surface area contributed by atoms with Crippen molar-refractivity contribution in [3.8, 4) is 0 Å². The zero-order valence-electron chi connectivity index (χ0n) is 10.4. The van der Waals surface area contributed by atoms with Crippen molar-refractivity contribution in [3.05, 3.63) is 20.8 Å². The first-order valence-electron chi connectivity index (χ1n) is 5.90. The molecule has 0 amide bonds. The Balaban J connectivity index is 2.80. The zero-order valence-corrected chi connectivity index (χ0v) is 12.8. The standard InChI is InChI=1S/C12H21BrN2OS/c1-3-10(14)12(15(2)5-4-6-16)11-7-9(13)8-17-11/h7-8,10,12,16H,3-6,14H2,1-2H3. The van der Waals surface area contributed by atoms with E-state index in [1.807, 2.05) is 0 Å². The van der Waals surface area contributed by atoms with Crippen LogP contribution in [0, 0.1) is 0 Å². The monoisotopic (exact) mass is 320 g/mol. The van der Waals surface area contributed by atoms with Crippen molar-refractivity contribution < 1.29 is 5.11 Å². The molecular weight excluding hydrogens is 300 g/mol. The van der Waals surface area contributed by atoms with Crippen molar-refractivity contribution in [1.29, 1.82) is 0 Å². The smallest absolute Gasteiger partial charge is 0.0591 e. The highest BCUT2D eigenvalue weighted by atomic mass is 79.9. The Labute approximate surface area is 116 Å². The van der Waals surface area contributed by atoms with Gasteiger partial charge in [0.1, 0.15) is 0 Å². The van der Waals surface area contributed by atoms with Crippen LogP contribution >= 0.6 is 27.3 Å². The minimum Gasteiger partial charge on any atom is -0.396 e. The van der Waals surface area contributed by atoms with Gasteiger partial charge in [0.15, 0.2) is 0 Å². The van der Waals surface area contributed by atoms with Crippen LogP contribution in [0.5, 0.6) is 0 Å². The van der Waals surface area contributed by atoms with E-state index in [-0.39, 0.29) is 18.7 Å². The molecule has 0 aliphatic rings. The summed E-state index contributed by atoms with van der Waals surface area (Å²) in [5.74, 6) is 0. The van der Waals surface area contributed by atoms with E-state index in [1.165, 1.54) is 4.88 Å². The van der Waals surface area contributed by atoms with E-state index in [0.29, 0.717) is 0 Å². The van der Waals surface area contributed by atoms with Gasteiger partial charge in [-0.2, -0.15) is 0 Å². The summed E-state index contributed by atoms with van der Waals surface area (Å²) in [5, 5.41) is 11.0. The molecule has 17 heavy (non-hydrogen) atoms. The van der Waals surface area contributed by atoms with Crippen molar-refractivity contribution in [2.45, 2.75) is 31.8 Å². The minimum atomic E-state index is 0.129. The number of aliphatic hydroxyl groups is 1. The second-order valence-electron chi connectivity index (χ2n) is 4.24. The molecule has 3 nitrogen and oxygen atoms in total. The van der Waals surface area contributed by atoms with Crippen LogP contribution < -0.4 is 5.73 Å². The zero-order chi connectivity index (χ0) is 12.8. The quantitative estimate of drug-likeness (QED) is 0.812. The van der Waals surface area contributed by atoms with Gasteiger partial charge in [-0.1, -0.05) is 6.92 Å². The van der Waals surface area contributed by atoms with Gasteiger partial charge in [-0.25, -0.2) is 0 Å². The number of hydrogen-bond donors (Lipinski definition) is 2. The maximum Gasteiger partial charge on any atom is 0.0591 e. The molecule has 0 bridgehead atoms. The predicted octanol–water partition coefficient (Wildman–Crippen LogP) is 2.60. The summed E-state index contributed by atoms with van der Waals surface area (Å²) in [6, 6.07) is 2.51. The lowest BCUT2D eigenvalue weighted by Gasteiger charge is -2.31. The fourth-order valence-corrected chi connectivity index (χ4v) is 3.61. The largest absolute Gasteiger partial charge is 0.396 e. The van der Waals surface area contributed by atoms with Crippen LogP contribution in [0.25, 0.3) is 0 Å². The maximum atomic E-state index is 8.90. The molecule has 1 heterocycles. The van der Waals surface area contributed by atoms with Gasteiger partial charge in [-0.05, 0) is 41.9 Å². The summed E-state index contributed by atoms with van der Waals surface area (Å²) < 4.78 is 1.11. The van der Waals surface area contributed by atoms with Crippen molar-refractivity contribution in [3.63, 3.8) is 0 Å². The molecule has 0 radical (unpaired) electrons. The normalized spacial score (nSPS) is 15.2. The molecule has 3 N–H and O–H groups in total. The number of halogens is 1. The molecule has 0 aliphatic heterocycles. The van der Waals surface area contributed by atoms with Crippen LogP contribution in [0.15, 0.2) is 15.9 Å². The van der Waals surface area contributed by atoms with Crippen molar-refractivity contribution >= 4 is 27.3 Å². The van der Waals surface area contributed by atoms with Gasteiger partial charge in [-0.15, -0.1) is 11.3 Å². The Kier molecular flexibility index (Phi) is 6.66. The summed E-state index contributed by atoms with van der Waals surface area (Å²) in [4.78, 5) is 3.52. The van der Waals surface area contributed by atoms with Gasteiger partial charge in [0.25, 0.3) is 0 Å². The third-order valence-corrected chi connectivity index (χ3v) is 4.66. The first-order valence-corrected chi connectivity index (χ1v) is 7.58. The molecule has 1 aromatic heterocycles. The maximum absolute atomic E-state index is 8.90. The number of thiophene rings is 1. The Hall–Kier alpha value is 0.0600. The first-order chi connectivity index (χ1) is 8.10. The molecule has 0 aliphatic carbocycles. The molecule has 2 atom stereocenters. The molecule has 2 unspecified atom stereocenters. The second kappa shape index (κ2) is 7.48. The van der Waals surface area contributed by atoms with Crippen LogP contribution in [-0.4, -0.2) is 36.2 Å². The first kappa shape index (κ1) is 15.1. The van der Waals surface area contributed by atoms with E-state index < -0.39 is 0 Å². The van der Waals surface area contributed by atoms with Crippen LogP contribution in [0.1, 0.15) is 30.7 Å². The molecule has 0 spiro atoms. The molecule has 98 valence electrons. The highest BCUT2D eigenvalue weighted by molar-refractivity contribution is 9.10. The lowest BCUT2D eigenvalue weighted by molar-refractivity contribution is 0.187. The van der Waals surface area contributed by atoms with Gasteiger partial charge >= 0.3 is 0 Å². The number of rotatable bonds is 7. The second-order valence-corrected chi connectivity index (χ2v) is 6.10. The lowest BCUT2D eigenvalue weighted by atomic mass is 10.0.